The third-order valence-electron chi connectivity index (χ3n) is 8.34. The van der Waals surface area contributed by atoms with Crippen molar-refractivity contribution in [2.24, 2.45) is 0 Å². The van der Waals surface area contributed by atoms with Crippen LogP contribution in [0.3, 0.4) is 0 Å². The number of nitrogens with one attached hydrogen (secondary N) is 2. The number of ether oxygens (including phenoxy) is 1. The smallest absolute Gasteiger partial charge is 0.328 e. The molecule has 0 fully saturated rings. The molecule has 9 heteroatoms. The van der Waals surface area contributed by atoms with Gasteiger partial charge < -0.3 is 25.6 Å². The number of aliphatic hydroxyl groups is 1. The lowest BCUT2D eigenvalue weighted by atomic mass is 10.1. The van der Waals surface area contributed by atoms with Crippen LogP contribution in [0.5, 0.6) is 0 Å². The van der Waals surface area contributed by atoms with Crippen LogP contribution >= 0.6 is 0 Å². The lowest BCUT2D eigenvalue weighted by molar-refractivity contribution is -0.147. The summed E-state index contributed by atoms with van der Waals surface area (Å²) in [4.78, 5) is 47.3. The van der Waals surface area contributed by atoms with Crippen LogP contribution in [-0.2, 0) is 23.9 Å². The topological polar surface area (TPSA) is 142 Å². The zero-order valence-electron chi connectivity index (χ0n) is 30.9. The van der Waals surface area contributed by atoms with E-state index in [4.69, 9.17) is 14.9 Å². The van der Waals surface area contributed by atoms with Crippen molar-refractivity contribution >= 4 is 23.8 Å². The van der Waals surface area contributed by atoms with Gasteiger partial charge in [0.15, 0.2) is 0 Å². The number of aliphatic hydroxyl groups excluding tert-OH is 1. The first-order chi connectivity index (χ1) is 23.8. The molecule has 0 aromatic heterocycles. The van der Waals surface area contributed by atoms with Gasteiger partial charge in [-0.25, -0.2) is 4.79 Å². The number of carboxylic acids is 1. The molecular weight excluding hydrogens is 620 g/mol. The SMILES string of the molecule is CCCCCC/C=C\C/C=C\CCCCCCCC(=O)OC(/C=C\CCCCCC)CCCCCCC(=O)NCC(=O)NC(CO)C(=O)O. The average Bonchev–Trinajstić information content (AvgIpc) is 3.08. The van der Waals surface area contributed by atoms with Crippen molar-refractivity contribution in [2.75, 3.05) is 13.2 Å². The zero-order valence-corrected chi connectivity index (χ0v) is 30.9. The number of rotatable bonds is 34. The van der Waals surface area contributed by atoms with Gasteiger partial charge in [0.1, 0.15) is 12.1 Å². The van der Waals surface area contributed by atoms with Crippen molar-refractivity contribution in [3.05, 3.63) is 36.5 Å². The quantitative estimate of drug-likeness (QED) is 0.0301. The summed E-state index contributed by atoms with van der Waals surface area (Å²) in [6.45, 7) is 3.38. The van der Waals surface area contributed by atoms with Gasteiger partial charge in [-0.1, -0.05) is 115 Å². The Balaban J connectivity index is 4.21. The van der Waals surface area contributed by atoms with Gasteiger partial charge in [0, 0.05) is 12.8 Å². The zero-order chi connectivity index (χ0) is 36.2. The predicted molar refractivity (Wildman–Crippen MR) is 199 cm³/mol. The predicted octanol–water partition coefficient (Wildman–Crippen LogP) is 8.65. The minimum atomic E-state index is -1.39. The maximum absolute atomic E-state index is 12.6. The molecule has 2 atom stereocenters. The van der Waals surface area contributed by atoms with Gasteiger partial charge in [0.2, 0.25) is 11.8 Å². The first-order valence-electron chi connectivity index (χ1n) is 19.4. The van der Waals surface area contributed by atoms with E-state index in [9.17, 15) is 19.2 Å². The minimum absolute atomic E-state index is 0.128. The van der Waals surface area contributed by atoms with Crippen molar-refractivity contribution in [3.63, 3.8) is 0 Å². The fourth-order valence-electron chi connectivity index (χ4n) is 5.30. The maximum atomic E-state index is 12.6. The molecule has 0 aliphatic heterocycles. The summed E-state index contributed by atoms with van der Waals surface area (Å²) < 4.78 is 5.86. The van der Waals surface area contributed by atoms with E-state index in [1.165, 1.54) is 64.2 Å². The fraction of sp³-hybridized carbons (Fsp3) is 0.750. The number of hydrogen-bond donors (Lipinski definition) is 4. The van der Waals surface area contributed by atoms with Crippen molar-refractivity contribution < 1.29 is 34.1 Å². The third-order valence-corrected chi connectivity index (χ3v) is 8.34. The van der Waals surface area contributed by atoms with E-state index in [2.05, 4.69) is 54.9 Å². The standard InChI is InChI=1S/C40H70N2O7/c1-3-5-7-9-11-12-13-14-15-16-17-18-19-20-22-28-32-39(46)49-35(29-25-21-10-8-6-4-2)30-26-23-24-27-31-37(44)41-33-38(45)42-36(34-43)40(47)48/h12-13,15-16,25,29,35-36,43H,3-11,14,17-24,26-28,30-34H2,1-2H3,(H,41,44)(H,42,45)(H,47,48)/b13-12-,16-15-,29-25-. The van der Waals surface area contributed by atoms with Gasteiger partial charge in [0.25, 0.3) is 0 Å². The second kappa shape index (κ2) is 34.9. The van der Waals surface area contributed by atoms with Gasteiger partial charge in [0.05, 0.1) is 13.2 Å². The van der Waals surface area contributed by atoms with Crippen molar-refractivity contribution in [3.8, 4) is 0 Å². The van der Waals surface area contributed by atoms with Crippen LogP contribution in [0.4, 0.5) is 0 Å². The van der Waals surface area contributed by atoms with Crippen LogP contribution in [0.2, 0.25) is 0 Å². The highest BCUT2D eigenvalue weighted by molar-refractivity contribution is 5.87. The Hall–Kier alpha value is -2.94. The monoisotopic (exact) mass is 691 g/mol. The molecule has 0 aromatic rings. The van der Waals surface area contributed by atoms with Crippen LogP contribution in [0.25, 0.3) is 0 Å². The number of carboxylic acid groups (broad SMARTS) is 1. The Morgan fingerprint density at radius 1 is 0.633 bits per heavy atom. The molecule has 282 valence electrons. The molecule has 0 rings (SSSR count). The van der Waals surface area contributed by atoms with E-state index in [0.29, 0.717) is 12.8 Å². The summed E-state index contributed by atoms with van der Waals surface area (Å²) in [5.41, 5.74) is 0. The number of amides is 2. The lowest BCUT2D eigenvalue weighted by Crippen LogP contribution is -2.47. The molecule has 0 spiro atoms. The van der Waals surface area contributed by atoms with Crippen LogP contribution < -0.4 is 10.6 Å². The van der Waals surface area contributed by atoms with E-state index in [0.717, 1.165) is 70.6 Å². The molecule has 2 unspecified atom stereocenters. The van der Waals surface area contributed by atoms with Crippen LogP contribution in [0.1, 0.15) is 168 Å². The molecule has 0 aromatic carbocycles. The van der Waals surface area contributed by atoms with Gasteiger partial charge in [-0.05, 0) is 76.7 Å². The molecule has 0 aliphatic carbocycles. The van der Waals surface area contributed by atoms with Crippen LogP contribution in [-0.4, -0.2) is 59.3 Å². The van der Waals surface area contributed by atoms with Crippen molar-refractivity contribution in [2.45, 2.75) is 180 Å². The highest BCUT2D eigenvalue weighted by Gasteiger charge is 2.18. The normalized spacial score (nSPS) is 12.9. The average molecular weight is 691 g/mol. The summed E-state index contributed by atoms with van der Waals surface area (Å²) in [7, 11) is 0. The summed E-state index contributed by atoms with van der Waals surface area (Å²) in [6, 6.07) is -1.39. The van der Waals surface area contributed by atoms with E-state index in [1.54, 1.807) is 0 Å². The molecule has 0 aliphatic rings. The summed E-state index contributed by atoms with van der Waals surface area (Å²) >= 11 is 0. The highest BCUT2D eigenvalue weighted by Crippen LogP contribution is 2.15. The van der Waals surface area contributed by atoms with E-state index < -0.39 is 24.5 Å². The number of carbonyl (C=O) groups excluding carboxylic acids is 3. The van der Waals surface area contributed by atoms with E-state index in [-0.39, 0.29) is 30.9 Å². The Kier molecular flexibility index (Phi) is 32.8. The number of carbonyl (C=O) groups is 4. The van der Waals surface area contributed by atoms with Gasteiger partial charge in [-0.3, -0.25) is 14.4 Å². The molecule has 49 heavy (non-hydrogen) atoms. The number of hydrogen-bond acceptors (Lipinski definition) is 6. The summed E-state index contributed by atoms with van der Waals surface area (Å²) in [5.74, 6) is -2.42. The molecular formula is C40H70N2O7. The van der Waals surface area contributed by atoms with Crippen LogP contribution in [0, 0.1) is 0 Å². The maximum Gasteiger partial charge on any atom is 0.328 e. The number of allylic oxidation sites excluding steroid dienone is 5. The number of esters is 1. The largest absolute Gasteiger partial charge is 0.480 e. The molecule has 0 heterocycles. The Morgan fingerprint density at radius 3 is 1.76 bits per heavy atom. The molecule has 2 amide bonds. The fourth-order valence-corrected chi connectivity index (χ4v) is 5.30. The van der Waals surface area contributed by atoms with Crippen LogP contribution in [0.15, 0.2) is 36.5 Å². The van der Waals surface area contributed by atoms with E-state index >= 15 is 0 Å². The first kappa shape index (κ1) is 46.1. The first-order valence-corrected chi connectivity index (χ1v) is 19.4. The van der Waals surface area contributed by atoms with Gasteiger partial charge >= 0.3 is 11.9 Å². The van der Waals surface area contributed by atoms with Crippen molar-refractivity contribution in [1.29, 1.82) is 0 Å². The minimum Gasteiger partial charge on any atom is -0.480 e. The Bertz CT molecular complexity index is 932. The second-order valence-electron chi connectivity index (χ2n) is 13.0. The lowest BCUT2D eigenvalue weighted by Gasteiger charge is -2.15. The van der Waals surface area contributed by atoms with E-state index in [1.807, 2.05) is 6.08 Å². The molecule has 0 bridgehead atoms. The third kappa shape index (κ3) is 32.0. The highest BCUT2D eigenvalue weighted by atomic mass is 16.5. The second-order valence-corrected chi connectivity index (χ2v) is 13.0. The molecule has 0 saturated carbocycles. The number of aliphatic carboxylic acids is 1. The Morgan fingerprint density at radius 2 is 1.16 bits per heavy atom. The molecule has 0 saturated heterocycles. The molecule has 4 N–H and O–H groups in total. The molecule has 0 radical (unpaired) electrons. The molecule has 9 nitrogen and oxygen atoms in total. The van der Waals surface area contributed by atoms with Gasteiger partial charge in [-0.2, -0.15) is 0 Å². The van der Waals surface area contributed by atoms with Crippen molar-refractivity contribution in [1.82, 2.24) is 10.6 Å². The van der Waals surface area contributed by atoms with Gasteiger partial charge in [-0.15, -0.1) is 0 Å². The summed E-state index contributed by atoms with van der Waals surface area (Å²) in [6.07, 6.45) is 37.6. The summed E-state index contributed by atoms with van der Waals surface area (Å²) in [5, 5.41) is 22.5. The number of unbranched alkanes of at least 4 members (excludes halogenated alkanes) is 16. The Labute approximate surface area is 297 Å².